The van der Waals surface area contributed by atoms with Crippen molar-refractivity contribution in [3.8, 4) is 0 Å². The number of carboxylic acids is 1. The normalized spacial score (nSPS) is 18.5. The monoisotopic (exact) mass is 449 g/mol. The topological polar surface area (TPSA) is 66.8 Å². The first-order chi connectivity index (χ1) is 14.0. The Bertz CT molecular complexity index is 984. The Morgan fingerprint density at radius 3 is 2.33 bits per heavy atom. The average Bonchev–Trinajstić information content (AvgIpc) is 2.67. The summed E-state index contributed by atoms with van der Waals surface area (Å²) in [6.45, 7) is 5.48. The fourth-order valence-electron chi connectivity index (χ4n) is 3.89. The minimum atomic E-state index is -0.992. The van der Waals surface area contributed by atoms with Crippen LogP contribution in [0, 0.1) is 0 Å². The maximum atomic E-state index is 12.7. The van der Waals surface area contributed by atoms with E-state index in [9.17, 15) is 14.7 Å². The van der Waals surface area contributed by atoms with Crippen LogP contribution in [-0.2, 0) is 4.74 Å². The molecule has 0 radical (unpaired) electrons. The average molecular weight is 450 g/mol. The van der Waals surface area contributed by atoms with Gasteiger partial charge in [-0.1, -0.05) is 35.3 Å². The van der Waals surface area contributed by atoms with E-state index in [1.807, 2.05) is 32.9 Å². The summed E-state index contributed by atoms with van der Waals surface area (Å²) in [5, 5.41) is 10.4. The number of carbonyl (C=O) groups is 2. The third-order valence-corrected chi connectivity index (χ3v) is 6.03. The number of hydrogen-bond donors (Lipinski definition) is 1. The molecule has 5 nitrogen and oxygen atoms in total. The highest BCUT2D eigenvalue weighted by molar-refractivity contribution is 6.42. The third-order valence-electron chi connectivity index (χ3n) is 5.29. The Hall–Kier alpha value is -2.24. The van der Waals surface area contributed by atoms with Gasteiger partial charge in [0, 0.05) is 13.0 Å². The number of fused-ring (bicyclic) bond motifs is 1. The van der Waals surface area contributed by atoms with Crippen LogP contribution in [0.2, 0.25) is 10.0 Å². The van der Waals surface area contributed by atoms with Crippen molar-refractivity contribution in [2.45, 2.75) is 51.2 Å². The van der Waals surface area contributed by atoms with Crippen LogP contribution in [-0.4, -0.2) is 34.7 Å². The van der Waals surface area contributed by atoms with Gasteiger partial charge in [-0.2, -0.15) is 0 Å². The minimum Gasteiger partial charge on any atom is -0.478 e. The van der Waals surface area contributed by atoms with Crippen LogP contribution in [0.1, 0.15) is 72.6 Å². The van der Waals surface area contributed by atoms with Crippen LogP contribution in [0.5, 0.6) is 0 Å². The van der Waals surface area contributed by atoms with Crippen molar-refractivity contribution in [3.05, 3.63) is 68.7 Å². The van der Waals surface area contributed by atoms with Crippen molar-refractivity contribution in [2.75, 3.05) is 7.05 Å². The summed E-state index contributed by atoms with van der Waals surface area (Å²) in [4.78, 5) is 25.8. The van der Waals surface area contributed by atoms with Crippen LogP contribution < -0.4 is 0 Å². The maximum Gasteiger partial charge on any atom is 0.410 e. The lowest BCUT2D eigenvalue weighted by Gasteiger charge is -2.37. The summed E-state index contributed by atoms with van der Waals surface area (Å²) in [5.41, 5.74) is 2.36. The Morgan fingerprint density at radius 2 is 1.73 bits per heavy atom. The summed E-state index contributed by atoms with van der Waals surface area (Å²) in [6, 6.07) is 10.3. The number of rotatable bonds is 3. The maximum absolute atomic E-state index is 12.7. The van der Waals surface area contributed by atoms with Crippen molar-refractivity contribution < 1.29 is 19.4 Å². The summed E-state index contributed by atoms with van der Waals surface area (Å²) in [6.07, 6.45) is 1.03. The van der Waals surface area contributed by atoms with Crippen molar-refractivity contribution >= 4 is 35.3 Å². The van der Waals surface area contributed by atoms with Gasteiger partial charge in [-0.05, 0) is 74.6 Å². The van der Waals surface area contributed by atoms with E-state index in [2.05, 4.69) is 0 Å². The second kappa shape index (κ2) is 8.48. The van der Waals surface area contributed by atoms with Crippen LogP contribution >= 0.6 is 23.2 Å². The van der Waals surface area contributed by atoms with E-state index in [4.69, 9.17) is 27.9 Å². The molecule has 0 heterocycles. The van der Waals surface area contributed by atoms with E-state index >= 15 is 0 Å². The number of hydrogen-bond acceptors (Lipinski definition) is 3. The van der Waals surface area contributed by atoms with Crippen molar-refractivity contribution in [2.24, 2.45) is 0 Å². The zero-order valence-corrected chi connectivity index (χ0v) is 18.9. The minimum absolute atomic E-state index is 0.0441. The number of benzene rings is 2. The molecule has 0 fully saturated rings. The van der Waals surface area contributed by atoms with Gasteiger partial charge in [0.25, 0.3) is 0 Å². The van der Waals surface area contributed by atoms with Gasteiger partial charge in [-0.3, -0.25) is 0 Å². The predicted molar refractivity (Wildman–Crippen MR) is 118 cm³/mol. The highest BCUT2D eigenvalue weighted by atomic mass is 35.5. The van der Waals surface area contributed by atoms with E-state index in [1.165, 1.54) is 0 Å². The van der Waals surface area contributed by atoms with E-state index in [1.54, 1.807) is 36.2 Å². The van der Waals surface area contributed by atoms with Crippen LogP contribution in [0.3, 0.4) is 0 Å². The largest absolute Gasteiger partial charge is 0.478 e. The third kappa shape index (κ3) is 4.73. The van der Waals surface area contributed by atoms with E-state index < -0.39 is 17.7 Å². The molecule has 3 rings (SSSR count). The molecule has 2 aromatic carbocycles. The molecule has 7 heteroatoms. The molecule has 1 aliphatic rings. The molecule has 0 aliphatic heterocycles. The fourth-order valence-corrected chi connectivity index (χ4v) is 4.19. The Balaban J connectivity index is 2.03. The van der Waals surface area contributed by atoms with Crippen LogP contribution in [0.4, 0.5) is 4.79 Å². The molecule has 1 amide bonds. The Labute approximate surface area is 186 Å². The summed E-state index contributed by atoms with van der Waals surface area (Å²) in [7, 11) is 1.72. The van der Waals surface area contributed by atoms with Crippen molar-refractivity contribution in [1.29, 1.82) is 0 Å². The smallest absolute Gasteiger partial charge is 0.410 e. The molecular weight excluding hydrogens is 425 g/mol. The zero-order valence-electron chi connectivity index (χ0n) is 17.4. The number of amides is 1. The van der Waals surface area contributed by atoms with Gasteiger partial charge in [-0.25, -0.2) is 9.59 Å². The SMILES string of the molecule is CN(C(=O)OC(C)(C)C)[C@H]1CC[C@@H](c2ccc(Cl)c(Cl)c2)c2cc(C(=O)O)ccc21. The first-order valence-corrected chi connectivity index (χ1v) is 10.5. The molecule has 160 valence electrons. The van der Waals surface area contributed by atoms with Gasteiger partial charge >= 0.3 is 12.1 Å². The lowest BCUT2D eigenvalue weighted by atomic mass is 9.76. The summed E-state index contributed by atoms with van der Waals surface area (Å²) in [5.74, 6) is -1.04. The first kappa shape index (κ1) is 22.4. The lowest BCUT2D eigenvalue weighted by Crippen LogP contribution is -2.38. The standard InChI is InChI=1S/C23H25Cl2NO4/c1-23(2,3)30-22(29)26(4)20-10-8-15(13-6-9-18(24)19(25)12-13)17-11-14(21(27)28)5-7-16(17)20/h5-7,9,11-12,15,20H,8,10H2,1-4H3,(H,27,28)/t15-,20-/m0/s1. The fraction of sp³-hybridized carbons (Fsp3) is 0.391. The second-order valence-electron chi connectivity index (χ2n) is 8.56. The quantitative estimate of drug-likeness (QED) is 0.578. The molecular formula is C23H25Cl2NO4. The van der Waals surface area contributed by atoms with Crippen LogP contribution in [0.15, 0.2) is 36.4 Å². The predicted octanol–water partition coefficient (Wildman–Crippen LogP) is 6.53. The molecule has 1 N–H and O–H groups in total. The van der Waals surface area contributed by atoms with Crippen molar-refractivity contribution in [3.63, 3.8) is 0 Å². The zero-order chi connectivity index (χ0) is 22.2. The van der Waals surface area contributed by atoms with Crippen LogP contribution in [0.25, 0.3) is 0 Å². The van der Waals surface area contributed by atoms with Gasteiger partial charge in [0.1, 0.15) is 5.60 Å². The number of carbonyl (C=O) groups excluding carboxylic acids is 1. The van der Waals surface area contributed by atoms with Gasteiger partial charge < -0.3 is 14.7 Å². The molecule has 1 aliphatic carbocycles. The lowest BCUT2D eigenvalue weighted by molar-refractivity contribution is 0.0202. The highest BCUT2D eigenvalue weighted by Crippen LogP contribution is 2.44. The molecule has 0 unspecified atom stereocenters. The molecule has 2 atom stereocenters. The van der Waals surface area contributed by atoms with Crippen molar-refractivity contribution in [1.82, 2.24) is 4.90 Å². The van der Waals surface area contributed by atoms with Gasteiger partial charge in [0.15, 0.2) is 0 Å². The highest BCUT2D eigenvalue weighted by Gasteiger charge is 2.34. The number of halogens is 2. The van der Waals surface area contributed by atoms with E-state index in [0.29, 0.717) is 16.5 Å². The number of nitrogens with zero attached hydrogens (tertiary/aromatic N) is 1. The van der Waals surface area contributed by atoms with Gasteiger partial charge in [-0.15, -0.1) is 0 Å². The molecule has 0 aromatic heterocycles. The first-order valence-electron chi connectivity index (χ1n) is 9.76. The molecule has 0 saturated carbocycles. The molecule has 0 spiro atoms. The van der Waals surface area contributed by atoms with E-state index in [-0.39, 0.29) is 17.5 Å². The van der Waals surface area contributed by atoms with Gasteiger partial charge in [0.2, 0.25) is 0 Å². The second-order valence-corrected chi connectivity index (χ2v) is 9.37. The number of aromatic carboxylic acids is 1. The molecule has 30 heavy (non-hydrogen) atoms. The summed E-state index contributed by atoms with van der Waals surface area (Å²) >= 11 is 12.3. The summed E-state index contributed by atoms with van der Waals surface area (Å²) < 4.78 is 5.53. The van der Waals surface area contributed by atoms with E-state index in [0.717, 1.165) is 23.1 Å². The molecule has 0 bridgehead atoms. The molecule has 0 saturated heterocycles. The molecule has 2 aromatic rings. The number of ether oxygens (including phenoxy) is 1. The van der Waals surface area contributed by atoms with Gasteiger partial charge in [0.05, 0.1) is 21.7 Å². The number of carboxylic acid groups (broad SMARTS) is 1. The Morgan fingerprint density at radius 1 is 1.03 bits per heavy atom. The Kier molecular flexibility index (Phi) is 6.34.